The first-order valence-electron chi connectivity index (χ1n) is 11.6. The summed E-state index contributed by atoms with van der Waals surface area (Å²) in [6.07, 6.45) is 6.09. The quantitative estimate of drug-likeness (QED) is 0.459. The van der Waals surface area contributed by atoms with Crippen LogP contribution in [-0.4, -0.2) is 63.9 Å². The Kier molecular flexibility index (Phi) is 7.19. The van der Waals surface area contributed by atoms with Crippen LogP contribution >= 0.6 is 11.9 Å². The summed E-state index contributed by atoms with van der Waals surface area (Å²) < 4.78 is 35.9. The van der Waals surface area contributed by atoms with Gasteiger partial charge in [-0.05, 0) is 49.8 Å². The van der Waals surface area contributed by atoms with E-state index in [0.29, 0.717) is 35.8 Å². The van der Waals surface area contributed by atoms with Crippen molar-refractivity contribution in [3.63, 3.8) is 0 Å². The maximum atomic E-state index is 13.2. The van der Waals surface area contributed by atoms with Gasteiger partial charge in [-0.15, -0.1) is 10.2 Å². The Labute approximate surface area is 207 Å². The van der Waals surface area contributed by atoms with E-state index in [2.05, 4.69) is 29.8 Å². The zero-order chi connectivity index (χ0) is 24.2. The molecule has 0 amide bonds. The van der Waals surface area contributed by atoms with Crippen LogP contribution in [0.5, 0.6) is 11.5 Å². The number of hydrogen-bond acceptors (Lipinski definition) is 10. The van der Waals surface area contributed by atoms with Crippen molar-refractivity contribution >= 4 is 23.8 Å². The summed E-state index contributed by atoms with van der Waals surface area (Å²) in [5, 5.41) is 9.21. The van der Waals surface area contributed by atoms with Crippen LogP contribution < -0.4 is 19.1 Å². The van der Waals surface area contributed by atoms with Crippen LogP contribution in [0.3, 0.4) is 0 Å². The lowest BCUT2D eigenvalue weighted by molar-refractivity contribution is 0.103. The number of nitrogens with one attached hydrogen (secondary N) is 1. The average Bonchev–Trinajstić information content (AvgIpc) is 3.57. The zero-order valence-electron chi connectivity index (χ0n) is 19.7. The van der Waals surface area contributed by atoms with E-state index in [9.17, 15) is 4.39 Å². The summed E-state index contributed by atoms with van der Waals surface area (Å²) in [5.41, 5.74) is 0.723. The fraction of sp³-hybridized carbons (Fsp3) is 0.478. The second-order valence-corrected chi connectivity index (χ2v) is 9.47. The zero-order valence-corrected chi connectivity index (χ0v) is 20.5. The highest BCUT2D eigenvalue weighted by Crippen LogP contribution is 2.39. The van der Waals surface area contributed by atoms with E-state index in [-0.39, 0.29) is 11.4 Å². The molecular formula is C23H28FN7O3S. The van der Waals surface area contributed by atoms with E-state index in [4.69, 9.17) is 14.2 Å². The van der Waals surface area contributed by atoms with Crippen LogP contribution in [0.25, 0.3) is 5.69 Å². The van der Waals surface area contributed by atoms with Gasteiger partial charge in [-0.2, -0.15) is 0 Å². The lowest BCUT2D eigenvalue weighted by Gasteiger charge is -2.32. The first-order valence-corrected chi connectivity index (χ1v) is 12.5. The SMILES string of the molecule is COc1cccc(OC)c1-n1c(NSC2CCCN(c3ncc(F)cn3)C2)nnc1C1CCCO1. The molecule has 35 heavy (non-hydrogen) atoms. The van der Waals surface area contributed by atoms with E-state index in [1.165, 1.54) is 12.4 Å². The van der Waals surface area contributed by atoms with Gasteiger partial charge >= 0.3 is 0 Å². The van der Waals surface area contributed by atoms with Crippen molar-refractivity contribution in [2.24, 2.45) is 0 Å². The van der Waals surface area contributed by atoms with Crippen LogP contribution in [0, 0.1) is 5.82 Å². The van der Waals surface area contributed by atoms with Crippen LogP contribution in [0.15, 0.2) is 30.6 Å². The predicted molar refractivity (Wildman–Crippen MR) is 131 cm³/mol. The van der Waals surface area contributed by atoms with E-state index in [1.54, 1.807) is 26.2 Å². The summed E-state index contributed by atoms with van der Waals surface area (Å²) in [6.45, 7) is 2.26. The molecule has 3 aromatic rings. The summed E-state index contributed by atoms with van der Waals surface area (Å²) in [5.74, 6) is 2.67. The highest BCUT2D eigenvalue weighted by atomic mass is 32.2. The average molecular weight is 502 g/mol. The minimum absolute atomic E-state index is 0.154. The molecular weight excluding hydrogens is 473 g/mol. The Bertz CT molecular complexity index is 1120. The smallest absolute Gasteiger partial charge is 0.239 e. The number of ether oxygens (including phenoxy) is 3. The van der Waals surface area contributed by atoms with Gasteiger partial charge in [0, 0.05) is 24.9 Å². The van der Waals surface area contributed by atoms with Crippen LogP contribution in [-0.2, 0) is 4.74 Å². The fourth-order valence-electron chi connectivity index (χ4n) is 4.45. The van der Waals surface area contributed by atoms with Crippen LogP contribution in [0.1, 0.15) is 37.6 Å². The molecule has 1 N–H and O–H groups in total. The van der Waals surface area contributed by atoms with Crippen molar-refractivity contribution in [1.29, 1.82) is 0 Å². The number of benzene rings is 1. The Balaban J connectivity index is 1.40. The van der Waals surface area contributed by atoms with Gasteiger partial charge in [0.25, 0.3) is 0 Å². The Morgan fingerprint density at radius 1 is 1.09 bits per heavy atom. The molecule has 4 heterocycles. The standard InChI is InChI=1S/C23H28FN7O3S/c1-32-17-7-3-8-18(33-2)20(17)31-21(19-9-5-11-34-19)27-28-23(31)29-35-16-6-4-10-30(14-16)22-25-12-15(24)13-26-22/h3,7-8,12-13,16,19H,4-6,9-11,14H2,1-2H3,(H,28,29). The number of rotatable bonds is 8. The topological polar surface area (TPSA) is 99.5 Å². The van der Waals surface area contributed by atoms with Gasteiger partial charge in [-0.3, -0.25) is 9.29 Å². The molecule has 12 heteroatoms. The highest BCUT2D eigenvalue weighted by molar-refractivity contribution is 8.01. The third-order valence-electron chi connectivity index (χ3n) is 6.12. The number of nitrogens with zero attached hydrogens (tertiary/aromatic N) is 6. The third kappa shape index (κ3) is 4.98. The molecule has 2 aromatic heterocycles. The van der Waals surface area contributed by atoms with Crippen molar-refractivity contribution in [3.05, 3.63) is 42.2 Å². The van der Waals surface area contributed by atoms with Crippen molar-refractivity contribution in [2.75, 3.05) is 43.5 Å². The van der Waals surface area contributed by atoms with Crippen molar-refractivity contribution in [2.45, 2.75) is 37.0 Å². The molecule has 2 aliphatic rings. The Morgan fingerprint density at radius 2 is 1.86 bits per heavy atom. The Hall–Kier alpha value is -3.12. The molecule has 10 nitrogen and oxygen atoms in total. The molecule has 5 rings (SSSR count). The van der Waals surface area contributed by atoms with Gasteiger partial charge in [-0.1, -0.05) is 6.07 Å². The predicted octanol–water partition coefficient (Wildman–Crippen LogP) is 3.79. The lowest BCUT2D eigenvalue weighted by atomic mass is 10.1. The lowest BCUT2D eigenvalue weighted by Crippen LogP contribution is -2.38. The molecule has 1 aromatic carbocycles. The summed E-state index contributed by atoms with van der Waals surface area (Å²) >= 11 is 1.58. The summed E-state index contributed by atoms with van der Waals surface area (Å²) in [7, 11) is 3.26. The molecule has 2 fully saturated rings. The molecule has 186 valence electrons. The van der Waals surface area contributed by atoms with Crippen LogP contribution in [0.2, 0.25) is 0 Å². The van der Waals surface area contributed by atoms with Crippen molar-refractivity contribution < 1.29 is 18.6 Å². The molecule has 0 spiro atoms. The van der Waals surface area contributed by atoms with E-state index < -0.39 is 5.82 Å². The first kappa shape index (κ1) is 23.6. The van der Waals surface area contributed by atoms with Gasteiger partial charge in [-0.25, -0.2) is 14.4 Å². The number of halogens is 1. The fourth-order valence-corrected chi connectivity index (χ4v) is 5.39. The van der Waals surface area contributed by atoms with Crippen molar-refractivity contribution in [1.82, 2.24) is 24.7 Å². The summed E-state index contributed by atoms with van der Waals surface area (Å²) in [6, 6.07) is 5.65. The van der Waals surface area contributed by atoms with Crippen LogP contribution in [0.4, 0.5) is 16.3 Å². The van der Waals surface area contributed by atoms with E-state index >= 15 is 0 Å². The normalized spacial score (nSPS) is 20.1. The molecule has 0 bridgehead atoms. The molecule has 2 atom stereocenters. The molecule has 2 aliphatic heterocycles. The first-order chi connectivity index (χ1) is 17.2. The molecule has 2 saturated heterocycles. The number of para-hydroxylation sites is 1. The molecule has 0 aliphatic carbocycles. The number of anilines is 2. The minimum atomic E-state index is -0.438. The van der Waals surface area contributed by atoms with Gasteiger partial charge in [0.05, 0.1) is 26.6 Å². The third-order valence-corrected chi connectivity index (χ3v) is 7.13. The van der Waals surface area contributed by atoms with Gasteiger partial charge < -0.3 is 19.1 Å². The van der Waals surface area contributed by atoms with Crippen molar-refractivity contribution in [3.8, 4) is 17.2 Å². The highest BCUT2D eigenvalue weighted by Gasteiger charge is 2.30. The maximum Gasteiger partial charge on any atom is 0.239 e. The van der Waals surface area contributed by atoms with Gasteiger partial charge in [0.15, 0.2) is 11.6 Å². The second kappa shape index (κ2) is 10.6. The van der Waals surface area contributed by atoms with Gasteiger partial charge in [0.2, 0.25) is 11.9 Å². The van der Waals surface area contributed by atoms with E-state index in [0.717, 1.165) is 44.5 Å². The van der Waals surface area contributed by atoms with E-state index in [1.807, 2.05) is 22.8 Å². The monoisotopic (exact) mass is 501 g/mol. The second-order valence-electron chi connectivity index (χ2n) is 8.36. The molecule has 2 unspecified atom stereocenters. The number of hydrogen-bond donors (Lipinski definition) is 1. The molecule has 0 radical (unpaired) electrons. The number of methoxy groups -OCH3 is 2. The Morgan fingerprint density at radius 3 is 2.54 bits per heavy atom. The minimum Gasteiger partial charge on any atom is -0.494 e. The largest absolute Gasteiger partial charge is 0.494 e. The number of piperidine rings is 1. The summed E-state index contributed by atoms with van der Waals surface area (Å²) in [4.78, 5) is 10.3. The molecule has 0 saturated carbocycles. The van der Waals surface area contributed by atoms with Gasteiger partial charge in [0.1, 0.15) is 23.3 Å². The maximum absolute atomic E-state index is 13.2. The number of aromatic nitrogens is 5.